The van der Waals surface area contributed by atoms with E-state index in [0.29, 0.717) is 36.2 Å². The van der Waals surface area contributed by atoms with Crippen molar-refractivity contribution in [2.24, 2.45) is 5.92 Å². The second-order valence-electron chi connectivity index (χ2n) is 7.63. The highest BCUT2D eigenvalue weighted by atomic mass is 35.5. The lowest BCUT2D eigenvalue weighted by molar-refractivity contribution is -0.137. The topological polar surface area (TPSA) is 89.9 Å². The van der Waals surface area contributed by atoms with Crippen LogP contribution < -0.4 is 5.32 Å². The highest BCUT2D eigenvalue weighted by molar-refractivity contribution is 6.31. The summed E-state index contributed by atoms with van der Waals surface area (Å²) in [6.45, 7) is 7.62. The zero-order valence-corrected chi connectivity index (χ0v) is 18.2. The number of benzene rings is 1. The zero-order valence-electron chi connectivity index (χ0n) is 17.5. The fourth-order valence-electron chi connectivity index (χ4n) is 3.25. The molecule has 0 aliphatic carbocycles. The van der Waals surface area contributed by atoms with E-state index in [2.05, 4.69) is 24.1 Å². The Morgan fingerprint density at radius 3 is 2.19 bits per heavy atom. The molecule has 0 bridgehead atoms. The van der Waals surface area contributed by atoms with E-state index in [0.717, 1.165) is 32.5 Å². The van der Waals surface area contributed by atoms with Gasteiger partial charge in [0, 0.05) is 31.3 Å². The van der Waals surface area contributed by atoms with Crippen LogP contribution in [0.3, 0.4) is 0 Å². The van der Waals surface area contributed by atoms with Gasteiger partial charge in [-0.15, -0.1) is 0 Å². The first-order valence-electron chi connectivity index (χ1n) is 9.84. The van der Waals surface area contributed by atoms with Crippen LogP contribution in [0.1, 0.15) is 37.8 Å². The van der Waals surface area contributed by atoms with Crippen molar-refractivity contribution in [3.63, 3.8) is 0 Å². The van der Waals surface area contributed by atoms with Gasteiger partial charge >= 0.3 is 18.1 Å². The van der Waals surface area contributed by atoms with E-state index in [1.165, 1.54) is 12.1 Å². The Morgan fingerprint density at radius 1 is 1.19 bits per heavy atom. The molecule has 0 spiro atoms. The first kappa shape index (κ1) is 26.9. The predicted octanol–water partition coefficient (Wildman–Crippen LogP) is 4.28. The Morgan fingerprint density at radius 2 is 1.74 bits per heavy atom. The van der Waals surface area contributed by atoms with E-state index in [1.807, 2.05) is 0 Å². The van der Waals surface area contributed by atoms with Crippen LogP contribution in [0.2, 0.25) is 5.02 Å². The van der Waals surface area contributed by atoms with Crippen LogP contribution in [0, 0.1) is 5.92 Å². The van der Waals surface area contributed by atoms with Crippen molar-refractivity contribution in [2.75, 3.05) is 19.6 Å². The first-order valence-corrected chi connectivity index (χ1v) is 10.2. The number of halogens is 4. The molecule has 2 rings (SSSR count). The van der Waals surface area contributed by atoms with Crippen LogP contribution in [0.5, 0.6) is 0 Å². The lowest BCUT2D eigenvalue weighted by Gasteiger charge is -2.36. The monoisotopic (exact) mass is 464 g/mol. The molecule has 1 fully saturated rings. The van der Waals surface area contributed by atoms with E-state index >= 15 is 0 Å². The molecular formula is C21H28ClF3N2O4. The van der Waals surface area contributed by atoms with Gasteiger partial charge in [-0.2, -0.15) is 13.2 Å². The average Bonchev–Trinajstić information content (AvgIpc) is 2.67. The van der Waals surface area contributed by atoms with E-state index in [9.17, 15) is 22.8 Å². The second-order valence-corrected chi connectivity index (χ2v) is 8.03. The van der Waals surface area contributed by atoms with Gasteiger partial charge in [-0.1, -0.05) is 31.5 Å². The summed E-state index contributed by atoms with van der Waals surface area (Å²) in [7, 11) is 0. The smallest absolute Gasteiger partial charge is 0.417 e. The minimum atomic E-state index is -4.41. The molecule has 0 unspecified atom stereocenters. The molecule has 1 aromatic carbocycles. The van der Waals surface area contributed by atoms with Crippen LogP contribution >= 0.6 is 11.6 Å². The molecule has 0 aromatic heterocycles. The van der Waals surface area contributed by atoms with Crippen molar-refractivity contribution in [3.05, 3.63) is 46.5 Å². The van der Waals surface area contributed by atoms with Gasteiger partial charge in [-0.05, 0) is 49.5 Å². The number of nitrogens with zero attached hydrogens (tertiary/aromatic N) is 1. The molecule has 174 valence electrons. The summed E-state index contributed by atoms with van der Waals surface area (Å²) >= 11 is 5.71. The lowest BCUT2D eigenvalue weighted by atomic mass is 10.0. The normalized spacial score (nSPS) is 15.2. The van der Waals surface area contributed by atoms with Gasteiger partial charge in [0.05, 0.1) is 10.6 Å². The van der Waals surface area contributed by atoms with E-state index in [4.69, 9.17) is 21.8 Å². The maximum Gasteiger partial charge on any atom is 0.417 e. The summed E-state index contributed by atoms with van der Waals surface area (Å²) in [6.07, 6.45) is -1.23. The molecule has 1 aliphatic rings. The Balaban J connectivity index is 0.000000512. The highest BCUT2D eigenvalue weighted by Crippen LogP contribution is 2.35. The molecule has 1 aromatic rings. The summed E-state index contributed by atoms with van der Waals surface area (Å²) < 4.78 is 39.1. The Hall–Kier alpha value is -2.10. The minimum absolute atomic E-state index is 0.237. The van der Waals surface area contributed by atoms with Gasteiger partial charge in [0.1, 0.15) is 0 Å². The van der Waals surface area contributed by atoms with Gasteiger partial charge in [-0.3, -0.25) is 4.90 Å². The number of rotatable bonds is 7. The number of hydrogen-bond donors (Lipinski definition) is 3. The molecule has 1 aliphatic heterocycles. The van der Waals surface area contributed by atoms with E-state index in [-0.39, 0.29) is 5.02 Å². The average molecular weight is 465 g/mol. The highest BCUT2D eigenvalue weighted by Gasteiger charge is 2.33. The SMILES string of the molecule is CC(C)CN(Cc1ccc(Cl)c(C(F)(F)F)c1)C1CCNCC1.O=C(O)/C=C/C(=O)O. The van der Waals surface area contributed by atoms with Gasteiger partial charge in [-0.25, -0.2) is 9.59 Å². The third-order valence-electron chi connectivity index (χ3n) is 4.52. The standard InChI is InChI=1S/C17H24ClF3N2.C4H4O4/c1-12(2)10-23(14-5-7-22-8-6-14)11-13-3-4-16(18)15(9-13)17(19,20)21;5-3(6)1-2-4(7)8/h3-4,9,12,14,22H,5-8,10-11H2,1-2H3;1-2H,(H,5,6)(H,7,8)/b;2-1+. The first-order chi connectivity index (χ1) is 14.4. The Bertz CT molecular complexity index is 747. The molecule has 1 heterocycles. The van der Waals surface area contributed by atoms with Crippen LogP contribution in [-0.2, 0) is 22.3 Å². The van der Waals surface area contributed by atoms with Crippen LogP contribution in [0.4, 0.5) is 13.2 Å². The van der Waals surface area contributed by atoms with E-state index in [1.54, 1.807) is 6.07 Å². The Labute approximate surface area is 184 Å². The third-order valence-corrected chi connectivity index (χ3v) is 4.84. The summed E-state index contributed by atoms with van der Waals surface area (Å²) in [5, 5.41) is 18.7. The van der Waals surface area contributed by atoms with Crippen molar-refractivity contribution in [3.8, 4) is 0 Å². The zero-order chi connectivity index (χ0) is 23.6. The van der Waals surface area contributed by atoms with Crippen molar-refractivity contribution >= 4 is 23.5 Å². The maximum absolute atomic E-state index is 13.0. The number of carboxylic acid groups (broad SMARTS) is 2. The molecule has 0 radical (unpaired) electrons. The second kappa shape index (κ2) is 12.7. The van der Waals surface area contributed by atoms with Crippen molar-refractivity contribution < 1.29 is 33.0 Å². The molecule has 0 amide bonds. The number of carboxylic acids is 2. The summed E-state index contributed by atoms with van der Waals surface area (Å²) in [5.41, 5.74) is -0.0765. The Kier molecular flexibility index (Phi) is 11.0. The van der Waals surface area contributed by atoms with Gasteiger partial charge in [0.25, 0.3) is 0 Å². The molecule has 1 saturated heterocycles. The number of carbonyl (C=O) groups is 2. The molecule has 10 heteroatoms. The molecule has 0 saturated carbocycles. The van der Waals surface area contributed by atoms with Gasteiger partial charge in [0.2, 0.25) is 0 Å². The minimum Gasteiger partial charge on any atom is -0.478 e. The molecule has 3 N–H and O–H groups in total. The predicted molar refractivity (Wildman–Crippen MR) is 112 cm³/mol. The molecule has 6 nitrogen and oxygen atoms in total. The molecule has 31 heavy (non-hydrogen) atoms. The quantitative estimate of drug-likeness (QED) is 0.522. The number of aliphatic carboxylic acids is 2. The lowest BCUT2D eigenvalue weighted by Crippen LogP contribution is -2.44. The fourth-order valence-corrected chi connectivity index (χ4v) is 3.47. The van der Waals surface area contributed by atoms with Crippen molar-refractivity contribution in [1.29, 1.82) is 0 Å². The number of alkyl halides is 3. The third kappa shape index (κ3) is 10.7. The number of piperidine rings is 1. The maximum atomic E-state index is 13.0. The summed E-state index contributed by atoms with van der Waals surface area (Å²) in [5.74, 6) is -2.04. The van der Waals surface area contributed by atoms with Crippen LogP contribution in [0.25, 0.3) is 0 Å². The van der Waals surface area contributed by atoms with Gasteiger partial charge in [0.15, 0.2) is 0 Å². The molecule has 0 atom stereocenters. The fraction of sp³-hybridized carbons (Fsp3) is 0.524. The van der Waals surface area contributed by atoms with Gasteiger partial charge < -0.3 is 15.5 Å². The number of hydrogen-bond acceptors (Lipinski definition) is 4. The molecular weight excluding hydrogens is 437 g/mol. The van der Waals surface area contributed by atoms with E-state index < -0.39 is 23.7 Å². The van der Waals surface area contributed by atoms with Crippen LogP contribution in [0.15, 0.2) is 30.4 Å². The number of nitrogens with one attached hydrogen (secondary N) is 1. The largest absolute Gasteiger partial charge is 0.478 e. The summed E-state index contributed by atoms with van der Waals surface area (Å²) in [6, 6.07) is 4.67. The van der Waals surface area contributed by atoms with Crippen LogP contribution in [-0.4, -0.2) is 52.7 Å². The summed E-state index contributed by atoms with van der Waals surface area (Å²) in [4.78, 5) is 21.4. The van der Waals surface area contributed by atoms with Crippen molar-refractivity contribution in [1.82, 2.24) is 10.2 Å². The van der Waals surface area contributed by atoms with Crippen molar-refractivity contribution in [2.45, 2.75) is 45.5 Å².